The Hall–Kier alpha value is -2.10. The van der Waals surface area contributed by atoms with Crippen LogP contribution in [0.25, 0.3) is 6.08 Å². The fourth-order valence-corrected chi connectivity index (χ4v) is 6.22. The van der Waals surface area contributed by atoms with E-state index in [0.29, 0.717) is 19.1 Å². The van der Waals surface area contributed by atoms with Gasteiger partial charge in [-0.2, -0.15) is 0 Å². The molecule has 1 saturated heterocycles. The maximum Gasteiger partial charge on any atom is 0.332 e. The van der Waals surface area contributed by atoms with Crippen LogP contribution in [0.1, 0.15) is 58.4 Å². The number of carbonyl (C=O) groups excluding carboxylic acids is 2. The Kier molecular flexibility index (Phi) is 4.64. The molecule has 0 radical (unpaired) electrons. The van der Waals surface area contributed by atoms with Gasteiger partial charge >= 0.3 is 5.97 Å². The summed E-state index contributed by atoms with van der Waals surface area (Å²) in [5.74, 6) is 0.237. The third kappa shape index (κ3) is 2.42. The van der Waals surface area contributed by atoms with Crippen molar-refractivity contribution in [2.24, 2.45) is 16.7 Å². The SMILES string of the molecule is CCCCOC(=O)C12CC3CCC1(C)C3(C)CN2C(=O)/C=C/c1ccccc1. The van der Waals surface area contributed by atoms with Crippen molar-refractivity contribution in [3.63, 3.8) is 0 Å². The number of benzene rings is 1. The van der Waals surface area contributed by atoms with Gasteiger partial charge in [0.25, 0.3) is 0 Å². The number of rotatable bonds is 6. The molecule has 4 nitrogen and oxygen atoms in total. The van der Waals surface area contributed by atoms with Crippen LogP contribution in [0.5, 0.6) is 0 Å². The second-order valence-electron chi connectivity index (χ2n) is 9.21. The number of unbranched alkanes of at least 4 members (excludes halogenated alkanes) is 1. The number of esters is 1. The molecule has 4 unspecified atom stereocenters. The number of likely N-dealkylation sites (tertiary alicyclic amines) is 1. The van der Waals surface area contributed by atoms with Crippen molar-refractivity contribution in [2.75, 3.05) is 13.2 Å². The molecule has 0 aromatic heterocycles. The lowest BCUT2D eigenvalue weighted by Crippen LogP contribution is -2.61. The molecular formula is C24H31NO3. The number of hydrogen-bond acceptors (Lipinski definition) is 3. The minimum Gasteiger partial charge on any atom is -0.464 e. The Morgan fingerprint density at radius 1 is 1.25 bits per heavy atom. The molecule has 4 rings (SSSR count). The largest absolute Gasteiger partial charge is 0.464 e. The molecule has 2 aliphatic carbocycles. The summed E-state index contributed by atoms with van der Waals surface area (Å²) in [5.41, 5.74) is -0.0352. The van der Waals surface area contributed by atoms with Gasteiger partial charge in [-0.05, 0) is 48.7 Å². The molecule has 1 heterocycles. The first kappa shape index (κ1) is 19.2. The van der Waals surface area contributed by atoms with Crippen LogP contribution in [0.3, 0.4) is 0 Å². The van der Waals surface area contributed by atoms with Crippen molar-refractivity contribution >= 4 is 18.0 Å². The molecular weight excluding hydrogens is 350 g/mol. The van der Waals surface area contributed by atoms with E-state index in [2.05, 4.69) is 20.8 Å². The van der Waals surface area contributed by atoms with E-state index in [1.165, 1.54) is 0 Å². The highest BCUT2D eigenvalue weighted by molar-refractivity contribution is 5.98. The average Bonchev–Trinajstić information content (AvgIpc) is 3.16. The van der Waals surface area contributed by atoms with Gasteiger partial charge in [0.05, 0.1) is 6.61 Å². The van der Waals surface area contributed by atoms with Crippen molar-refractivity contribution in [1.29, 1.82) is 0 Å². The quantitative estimate of drug-likeness (QED) is 0.415. The van der Waals surface area contributed by atoms with Crippen molar-refractivity contribution in [3.8, 4) is 0 Å². The van der Waals surface area contributed by atoms with E-state index in [4.69, 9.17) is 4.74 Å². The smallest absolute Gasteiger partial charge is 0.332 e. The van der Waals surface area contributed by atoms with E-state index in [0.717, 1.165) is 37.7 Å². The molecule has 4 heteroatoms. The van der Waals surface area contributed by atoms with Gasteiger partial charge in [0.2, 0.25) is 5.91 Å². The van der Waals surface area contributed by atoms with Crippen molar-refractivity contribution in [1.82, 2.24) is 4.90 Å². The Morgan fingerprint density at radius 3 is 2.68 bits per heavy atom. The molecule has 1 amide bonds. The highest BCUT2D eigenvalue weighted by Gasteiger charge is 2.81. The minimum absolute atomic E-state index is 0.00692. The van der Waals surface area contributed by atoms with Crippen LogP contribution in [0, 0.1) is 16.7 Å². The highest BCUT2D eigenvalue weighted by Crippen LogP contribution is 2.76. The van der Waals surface area contributed by atoms with E-state index >= 15 is 0 Å². The molecule has 1 aromatic carbocycles. The van der Waals surface area contributed by atoms with E-state index in [1.807, 2.05) is 41.3 Å². The van der Waals surface area contributed by atoms with Crippen LogP contribution in [0.15, 0.2) is 36.4 Å². The van der Waals surface area contributed by atoms with Crippen LogP contribution in [-0.2, 0) is 14.3 Å². The zero-order valence-corrected chi connectivity index (χ0v) is 17.2. The molecule has 0 N–H and O–H groups in total. The average molecular weight is 382 g/mol. The van der Waals surface area contributed by atoms with E-state index < -0.39 is 5.54 Å². The third-order valence-electron chi connectivity index (χ3n) is 8.11. The van der Waals surface area contributed by atoms with Crippen LogP contribution in [0.2, 0.25) is 0 Å². The van der Waals surface area contributed by atoms with Gasteiger partial charge < -0.3 is 9.64 Å². The topological polar surface area (TPSA) is 46.6 Å². The molecule has 4 atom stereocenters. The maximum absolute atomic E-state index is 13.4. The number of amides is 1. The minimum atomic E-state index is -0.809. The maximum atomic E-state index is 13.4. The van der Waals surface area contributed by atoms with Crippen molar-refractivity contribution < 1.29 is 14.3 Å². The summed E-state index contributed by atoms with van der Waals surface area (Å²) < 4.78 is 5.74. The predicted octanol–water partition coefficient (Wildman–Crippen LogP) is 4.45. The Morgan fingerprint density at radius 2 is 2.00 bits per heavy atom. The van der Waals surface area contributed by atoms with Gasteiger partial charge in [-0.1, -0.05) is 57.5 Å². The number of nitrogens with zero attached hydrogens (tertiary/aromatic N) is 1. The molecule has 0 spiro atoms. The molecule has 1 aromatic rings. The van der Waals surface area contributed by atoms with Gasteiger partial charge in [0, 0.05) is 18.0 Å². The normalized spacial score (nSPS) is 35.7. The Bertz CT molecular complexity index is 803. The molecule has 28 heavy (non-hydrogen) atoms. The lowest BCUT2D eigenvalue weighted by atomic mass is 9.65. The summed E-state index contributed by atoms with van der Waals surface area (Å²) >= 11 is 0. The van der Waals surface area contributed by atoms with Crippen LogP contribution in [0.4, 0.5) is 0 Å². The van der Waals surface area contributed by atoms with Gasteiger partial charge in [-0.25, -0.2) is 4.79 Å². The number of hydrogen-bond donors (Lipinski definition) is 0. The number of ether oxygens (including phenoxy) is 1. The van der Waals surface area contributed by atoms with Crippen LogP contribution < -0.4 is 0 Å². The lowest BCUT2D eigenvalue weighted by molar-refractivity contribution is -0.168. The van der Waals surface area contributed by atoms with Crippen molar-refractivity contribution in [2.45, 2.75) is 58.4 Å². The van der Waals surface area contributed by atoms with Gasteiger partial charge in [0.15, 0.2) is 0 Å². The highest BCUT2D eigenvalue weighted by atomic mass is 16.5. The molecule has 3 aliphatic rings. The monoisotopic (exact) mass is 381 g/mol. The van der Waals surface area contributed by atoms with Crippen LogP contribution >= 0.6 is 0 Å². The second-order valence-corrected chi connectivity index (χ2v) is 9.21. The summed E-state index contributed by atoms with van der Waals surface area (Å²) in [6.45, 7) is 7.67. The number of carbonyl (C=O) groups is 2. The third-order valence-corrected chi connectivity index (χ3v) is 8.11. The molecule has 4 bridgehead atoms. The van der Waals surface area contributed by atoms with Crippen LogP contribution in [-0.4, -0.2) is 35.5 Å². The predicted molar refractivity (Wildman–Crippen MR) is 109 cm³/mol. The Labute approximate surface area is 167 Å². The standard InChI is InChI=1S/C24H31NO3/c1-4-5-15-28-21(27)24-16-19-13-14-23(24,3)22(19,2)17-25(24)20(26)12-11-18-9-7-6-8-10-18/h6-12,19H,4-5,13-17H2,1-3H3/b12-11+. The first-order valence-electron chi connectivity index (χ1n) is 10.6. The summed E-state index contributed by atoms with van der Waals surface area (Å²) in [6, 6.07) is 9.81. The van der Waals surface area contributed by atoms with E-state index in [1.54, 1.807) is 6.08 Å². The van der Waals surface area contributed by atoms with Gasteiger partial charge in [-0.3, -0.25) is 4.79 Å². The summed E-state index contributed by atoms with van der Waals surface area (Å²) in [4.78, 5) is 28.5. The number of piperidine rings is 1. The molecule has 2 saturated carbocycles. The zero-order valence-electron chi connectivity index (χ0n) is 17.2. The lowest BCUT2D eigenvalue weighted by Gasteiger charge is -2.45. The second kappa shape index (κ2) is 6.75. The van der Waals surface area contributed by atoms with Gasteiger partial charge in [0.1, 0.15) is 5.54 Å². The fourth-order valence-electron chi connectivity index (χ4n) is 6.22. The fraction of sp³-hybridized carbons (Fsp3) is 0.583. The Balaban J connectivity index is 1.64. The summed E-state index contributed by atoms with van der Waals surface area (Å²) in [6.07, 6.45) is 8.20. The molecule has 150 valence electrons. The van der Waals surface area contributed by atoms with E-state index in [9.17, 15) is 9.59 Å². The van der Waals surface area contributed by atoms with E-state index in [-0.39, 0.29) is 22.7 Å². The molecule has 1 aliphatic heterocycles. The first-order chi connectivity index (χ1) is 13.4. The first-order valence-corrected chi connectivity index (χ1v) is 10.6. The zero-order chi connectivity index (χ0) is 20.0. The molecule has 3 fully saturated rings. The summed E-state index contributed by atoms with van der Waals surface area (Å²) in [5, 5.41) is 0. The van der Waals surface area contributed by atoms with Gasteiger partial charge in [-0.15, -0.1) is 0 Å². The summed E-state index contributed by atoms with van der Waals surface area (Å²) in [7, 11) is 0. The van der Waals surface area contributed by atoms with Crippen molar-refractivity contribution in [3.05, 3.63) is 42.0 Å².